The molecule has 0 radical (unpaired) electrons. The largest absolute Gasteiger partial charge is 0.493 e. The Labute approximate surface area is 204 Å². The first-order valence-corrected chi connectivity index (χ1v) is 12.5. The highest BCUT2D eigenvalue weighted by atomic mass is 32.2. The number of benzene rings is 2. The summed E-state index contributed by atoms with van der Waals surface area (Å²) in [7, 11) is -4.15. The Bertz CT molecular complexity index is 1360. The van der Waals surface area contributed by atoms with Crippen molar-refractivity contribution in [2.75, 3.05) is 18.0 Å². The third-order valence-corrected chi connectivity index (χ3v) is 7.50. The van der Waals surface area contributed by atoms with E-state index in [9.17, 15) is 30.4 Å². The third-order valence-electron chi connectivity index (χ3n) is 6.17. The van der Waals surface area contributed by atoms with Crippen molar-refractivity contribution in [1.29, 1.82) is 0 Å². The zero-order valence-corrected chi connectivity index (χ0v) is 19.9. The first-order chi connectivity index (χ1) is 16.9. The molecular weight excluding hydrogens is 505 g/mol. The zero-order chi connectivity index (χ0) is 26.1. The summed E-state index contributed by atoms with van der Waals surface area (Å²) in [5, 5.41) is 0. The predicted molar refractivity (Wildman–Crippen MR) is 122 cm³/mol. The topological polar surface area (TPSA) is 81.2 Å². The number of halogens is 5. The lowest BCUT2D eigenvalue weighted by atomic mass is 9.70. The lowest BCUT2D eigenvalue weighted by Gasteiger charge is -2.38. The summed E-state index contributed by atoms with van der Waals surface area (Å²) in [5.41, 5.74) is -0.0517. The van der Waals surface area contributed by atoms with Crippen molar-refractivity contribution in [1.82, 2.24) is 9.97 Å². The van der Waals surface area contributed by atoms with E-state index in [1.807, 2.05) is 6.92 Å². The predicted octanol–water partition coefficient (Wildman–Crippen LogP) is 5.43. The molecule has 4 rings (SSSR count). The summed E-state index contributed by atoms with van der Waals surface area (Å²) in [6.45, 7) is 1.36. The average molecular weight is 528 g/mol. The molecule has 192 valence electrons. The van der Waals surface area contributed by atoms with E-state index in [2.05, 4.69) is 14.7 Å². The van der Waals surface area contributed by atoms with E-state index in [-0.39, 0.29) is 36.0 Å². The number of hydrogen-bond acceptors (Lipinski definition) is 5. The van der Waals surface area contributed by atoms with Gasteiger partial charge in [-0.15, -0.1) is 0 Å². The van der Waals surface area contributed by atoms with E-state index in [0.717, 1.165) is 24.5 Å². The quantitative estimate of drug-likeness (QED) is 0.415. The number of aromatic nitrogens is 2. The number of ether oxygens (including phenoxy) is 1. The van der Waals surface area contributed by atoms with Crippen LogP contribution < -0.4 is 9.46 Å². The van der Waals surface area contributed by atoms with E-state index >= 15 is 0 Å². The van der Waals surface area contributed by atoms with Crippen LogP contribution in [0.4, 0.5) is 27.9 Å². The number of fused-ring (bicyclic) bond motifs is 1. The highest BCUT2D eigenvalue weighted by Gasteiger charge is 2.39. The van der Waals surface area contributed by atoms with Crippen molar-refractivity contribution in [3.63, 3.8) is 0 Å². The minimum absolute atomic E-state index is 0.0715. The van der Waals surface area contributed by atoms with Crippen molar-refractivity contribution in [2.45, 2.75) is 42.7 Å². The van der Waals surface area contributed by atoms with Gasteiger partial charge >= 0.3 is 6.18 Å². The van der Waals surface area contributed by atoms with Crippen molar-refractivity contribution in [3.8, 4) is 5.75 Å². The van der Waals surface area contributed by atoms with Gasteiger partial charge in [0.05, 0.1) is 36.1 Å². The summed E-state index contributed by atoms with van der Waals surface area (Å²) >= 11 is 0. The standard InChI is InChI=1S/C24H22F5N3O3S/c1-23(19-6-4-16(24(27,28)29)11-15(19)3-2-9-25)8-10-35-21-12-18(5-7-20(21)23)36(33,34)32-22-30-13-17(26)14-31-22/h4-7,11-14H,2-3,8-10H2,1H3,(H,30,31,32)/t23-/m0/s1. The molecule has 0 aliphatic carbocycles. The second-order valence-corrected chi connectivity index (χ2v) is 10.3. The molecule has 0 fully saturated rings. The van der Waals surface area contributed by atoms with Crippen molar-refractivity contribution < 1.29 is 35.1 Å². The number of alkyl halides is 4. The maximum Gasteiger partial charge on any atom is 0.416 e. The van der Waals surface area contributed by atoms with Crippen LogP contribution in [0.15, 0.2) is 53.7 Å². The summed E-state index contributed by atoms with van der Waals surface area (Å²) in [4.78, 5) is 7.00. The molecule has 0 unspecified atom stereocenters. The van der Waals surface area contributed by atoms with Crippen LogP contribution in [-0.2, 0) is 28.0 Å². The van der Waals surface area contributed by atoms with Gasteiger partial charge in [0.1, 0.15) is 5.75 Å². The lowest BCUT2D eigenvalue weighted by Crippen LogP contribution is -2.32. The van der Waals surface area contributed by atoms with E-state index in [0.29, 0.717) is 23.1 Å². The Hall–Kier alpha value is -3.28. The number of sulfonamides is 1. The lowest BCUT2D eigenvalue weighted by molar-refractivity contribution is -0.137. The normalized spacial score (nSPS) is 17.8. The monoisotopic (exact) mass is 527 g/mol. The van der Waals surface area contributed by atoms with E-state index in [4.69, 9.17) is 4.74 Å². The van der Waals surface area contributed by atoms with Gasteiger partial charge < -0.3 is 4.74 Å². The van der Waals surface area contributed by atoms with Crippen LogP contribution in [0.25, 0.3) is 0 Å². The third kappa shape index (κ3) is 5.13. The van der Waals surface area contributed by atoms with Gasteiger partial charge in [-0.05, 0) is 48.6 Å². The summed E-state index contributed by atoms with van der Waals surface area (Å²) in [5.74, 6) is -0.793. The number of nitrogens with one attached hydrogen (secondary N) is 1. The maximum atomic E-state index is 13.3. The molecule has 1 aromatic heterocycles. The van der Waals surface area contributed by atoms with Crippen LogP contribution in [0, 0.1) is 5.82 Å². The molecule has 0 saturated heterocycles. The van der Waals surface area contributed by atoms with Crippen LogP contribution in [0.5, 0.6) is 5.75 Å². The highest BCUT2D eigenvalue weighted by molar-refractivity contribution is 7.92. The molecule has 1 N–H and O–H groups in total. The number of aryl methyl sites for hydroxylation is 1. The Kier molecular flexibility index (Phi) is 6.91. The molecule has 6 nitrogen and oxygen atoms in total. The summed E-state index contributed by atoms with van der Waals surface area (Å²) < 4.78 is 99.5. The van der Waals surface area contributed by atoms with Crippen molar-refractivity contribution in [2.24, 2.45) is 0 Å². The highest BCUT2D eigenvalue weighted by Crippen LogP contribution is 2.46. The number of anilines is 1. The second kappa shape index (κ2) is 9.64. The number of nitrogens with zero attached hydrogens (tertiary/aromatic N) is 2. The molecule has 1 atom stereocenters. The molecule has 2 heterocycles. The van der Waals surface area contributed by atoms with Gasteiger partial charge in [0.15, 0.2) is 5.82 Å². The molecule has 12 heteroatoms. The number of rotatable bonds is 7. The summed E-state index contributed by atoms with van der Waals surface area (Å²) in [6.07, 6.45) is -2.30. The Balaban J connectivity index is 1.73. The molecule has 0 amide bonds. The minimum Gasteiger partial charge on any atom is -0.493 e. The molecule has 0 spiro atoms. The Morgan fingerprint density at radius 3 is 2.44 bits per heavy atom. The van der Waals surface area contributed by atoms with E-state index in [1.165, 1.54) is 18.2 Å². The van der Waals surface area contributed by atoms with Gasteiger partial charge in [-0.1, -0.05) is 19.1 Å². The average Bonchev–Trinajstić information content (AvgIpc) is 2.83. The Morgan fingerprint density at radius 1 is 1.08 bits per heavy atom. The fraction of sp³-hybridized carbons (Fsp3) is 0.333. The minimum atomic E-state index is -4.54. The van der Waals surface area contributed by atoms with Crippen molar-refractivity contribution in [3.05, 3.63) is 76.9 Å². The van der Waals surface area contributed by atoms with Gasteiger partial charge in [0, 0.05) is 17.0 Å². The number of hydrogen-bond donors (Lipinski definition) is 1. The molecular formula is C24H22F5N3O3S. The van der Waals surface area contributed by atoms with Crippen LogP contribution in [0.2, 0.25) is 0 Å². The smallest absolute Gasteiger partial charge is 0.416 e. The maximum absolute atomic E-state index is 13.3. The van der Waals surface area contributed by atoms with Crippen molar-refractivity contribution >= 4 is 16.0 Å². The first-order valence-electron chi connectivity index (χ1n) is 11.0. The second-order valence-electron chi connectivity index (χ2n) is 8.58. The molecule has 3 aromatic rings. The van der Waals surface area contributed by atoms with Gasteiger partial charge in [-0.2, -0.15) is 13.2 Å². The SMILES string of the molecule is C[C@@]1(c2ccc(C(F)(F)F)cc2CCCF)CCOc2cc(S(=O)(=O)Nc3ncc(F)cn3)ccc21. The molecule has 0 saturated carbocycles. The van der Waals surface area contributed by atoms with Crippen LogP contribution >= 0.6 is 0 Å². The summed E-state index contributed by atoms with van der Waals surface area (Å²) in [6, 6.07) is 7.65. The zero-order valence-electron chi connectivity index (χ0n) is 19.1. The van der Waals surface area contributed by atoms with Crippen LogP contribution in [0.3, 0.4) is 0 Å². The molecule has 1 aliphatic heterocycles. The van der Waals surface area contributed by atoms with Gasteiger partial charge in [0.25, 0.3) is 10.0 Å². The van der Waals surface area contributed by atoms with Crippen LogP contribution in [0.1, 0.15) is 42.0 Å². The fourth-order valence-electron chi connectivity index (χ4n) is 4.34. The van der Waals surface area contributed by atoms with E-state index in [1.54, 1.807) is 6.07 Å². The molecule has 36 heavy (non-hydrogen) atoms. The first kappa shape index (κ1) is 25.8. The van der Waals surface area contributed by atoms with Gasteiger partial charge in [-0.3, -0.25) is 4.39 Å². The van der Waals surface area contributed by atoms with Gasteiger partial charge in [-0.25, -0.2) is 27.5 Å². The van der Waals surface area contributed by atoms with E-state index < -0.39 is 39.7 Å². The van der Waals surface area contributed by atoms with Crippen LogP contribution in [-0.4, -0.2) is 31.7 Å². The molecule has 0 bridgehead atoms. The molecule has 2 aromatic carbocycles. The van der Waals surface area contributed by atoms with Gasteiger partial charge in [0.2, 0.25) is 5.95 Å². The Morgan fingerprint density at radius 2 is 1.78 bits per heavy atom. The molecule has 1 aliphatic rings. The fourth-order valence-corrected chi connectivity index (χ4v) is 5.31.